The van der Waals surface area contributed by atoms with Crippen LogP contribution < -0.4 is 5.32 Å². The molecule has 1 saturated carbocycles. The fourth-order valence-corrected chi connectivity index (χ4v) is 3.12. The number of nitrogens with one attached hydrogen (secondary N) is 1. The molecule has 1 aliphatic carbocycles. The lowest BCUT2D eigenvalue weighted by molar-refractivity contribution is -0.212. The van der Waals surface area contributed by atoms with Crippen LogP contribution in [0, 0.1) is 5.92 Å². The third-order valence-corrected chi connectivity index (χ3v) is 4.12. The monoisotopic (exact) mass is 241 g/mol. The highest BCUT2D eigenvalue weighted by Gasteiger charge is 2.48. The van der Waals surface area contributed by atoms with E-state index in [1.807, 2.05) is 6.26 Å². The Labute approximate surface area is 90.9 Å². The van der Waals surface area contributed by atoms with Gasteiger partial charge in [-0.3, -0.25) is 5.32 Å². The highest BCUT2D eigenvalue weighted by atomic mass is 32.2. The van der Waals surface area contributed by atoms with Crippen molar-refractivity contribution in [3.8, 4) is 0 Å². The maximum atomic E-state index is 12.3. The van der Waals surface area contributed by atoms with Crippen molar-refractivity contribution in [2.24, 2.45) is 5.92 Å². The molecule has 0 bridgehead atoms. The van der Waals surface area contributed by atoms with Crippen molar-refractivity contribution in [1.29, 1.82) is 0 Å². The van der Waals surface area contributed by atoms with Gasteiger partial charge in [-0.1, -0.05) is 0 Å². The first-order valence-corrected chi connectivity index (χ1v) is 6.28. The Kier molecular flexibility index (Phi) is 3.19. The lowest BCUT2D eigenvalue weighted by Crippen LogP contribution is -2.45. The maximum Gasteiger partial charge on any atom is 0.428 e. The Morgan fingerprint density at radius 1 is 1.40 bits per heavy atom. The van der Waals surface area contributed by atoms with Gasteiger partial charge >= 0.3 is 6.18 Å². The van der Waals surface area contributed by atoms with E-state index in [4.69, 9.17) is 4.74 Å². The van der Waals surface area contributed by atoms with Crippen LogP contribution >= 0.6 is 11.8 Å². The second-order valence-corrected chi connectivity index (χ2v) is 5.08. The maximum absolute atomic E-state index is 12.3. The molecule has 3 atom stereocenters. The van der Waals surface area contributed by atoms with Crippen LogP contribution in [0.1, 0.15) is 12.8 Å². The van der Waals surface area contributed by atoms with Gasteiger partial charge in [-0.25, -0.2) is 0 Å². The lowest BCUT2D eigenvalue weighted by Gasteiger charge is -2.21. The third kappa shape index (κ3) is 2.60. The standard InChI is InChI=1S/C9H14F3NOS/c1-15-7(5-2-3-5)6-4-14-8(13-6)9(10,11)12/h5-8,13H,2-4H2,1H3. The SMILES string of the molecule is CSC(C1CC1)C1COC(C(F)(F)F)N1. The fourth-order valence-electron chi connectivity index (χ4n) is 1.98. The largest absolute Gasteiger partial charge is 0.428 e. The summed E-state index contributed by atoms with van der Waals surface area (Å²) in [7, 11) is 0. The quantitative estimate of drug-likeness (QED) is 0.816. The summed E-state index contributed by atoms with van der Waals surface area (Å²) in [6, 6.07) is -0.154. The minimum Gasteiger partial charge on any atom is -0.352 e. The summed E-state index contributed by atoms with van der Waals surface area (Å²) in [5.74, 6) is 0.577. The van der Waals surface area contributed by atoms with E-state index in [2.05, 4.69) is 5.32 Å². The Hall–Kier alpha value is 0.0600. The van der Waals surface area contributed by atoms with Gasteiger partial charge in [-0.15, -0.1) is 0 Å². The first kappa shape index (κ1) is 11.5. The van der Waals surface area contributed by atoms with Crippen LogP contribution in [0.5, 0.6) is 0 Å². The van der Waals surface area contributed by atoms with Gasteiger partial charge in [0.2, 0.25) is 6.23 Å². The molecule has 2 aliphatic rings. The molecule has 1 N–H and O–H groups in total. The number of rotatable bonds is 3. The third-order valence-electron chi connectivity index (χ3n) is 2.86. The summed E-state index contributed by atoms with van der Waals surface area (Å²) in [4.78, 5) is 0. The van der Waals surface area contributed by atoms with Gasteiger partial charge in [0, 0.05) is 11.3 Å². The average molecular weight is 241 g/mol. The number of halogens is 3. The molecule has 1 aliphatic heterocycles. The van der Waals surface area contributed by atoms with Crippen molar-refractivity contribution >= 4 is 11.8 Å². The zero-order valence-electron chi connectivity index (χ0n) is 8.38. The first-order chi connectivity index (χ1) is 7.02. The summed E-state index contributed by atoms with van der Waals surface area (Å²) in [5.41, 5.74) is 0. The van der Waals surface area contributed by atoms with Crippen molar-refractivity contribution in [1.82, 2.24) is 5.32 Å². The van der Waals surface area contributed by atoms with E-state index in [0.29, 0.717) is 5.92 Å². The van der Waals surface area contributed by atoms with E-state index in [1.54, 1.807) is 11.8 Å². The summed E-state index contributed by atoms with van der Waals surface area (Å²) in [5, 5.41) is 2.80. The van der Waals surface area contributed by atoms with Gasteiger partial charge in [0.05, 0.1) is 6.61 Å². The summed E-state index contributed by atoms with van der Waals surface area (Å²) in [6.45, 7) is 0.173. The van der Waals surface area contributed by atoms with E-state index in [0.717, 1.165) is 12.8 Å². The zero-order chi connectivity index (χ0) is 11.1. The molecule has 2 fully saturated rings. The van der Waals surface area contributed by atoms with Crippen molar-refractivity contribution in [2.75, 3.05) is 12.9 Å². The molecule has 2 nitrogen and oxygen atoms in total. The summed E-state index contributed by atoms with van der Waals surface area (Å²) < 4.78 is 41.7. The molecule has 1 saturated heterocycles. The molecule has 0 spiro atoms. The van der Waals surface area contributed by atoms with Gasteiger partial charge in [0.25, 0.3) is 0 Å². The van der Waals surface area contributed by atoms with Crippen LogP contribution in [0.15, 0.2) is 0 Å². The Balaban J connectivity index is 1.91. The fraction of sp³-hybridized carbons (Fsp3) is 1.00. The van der Waals surface area contributed by atoms with Gasteiger partial charge in [0.15, 0.2) is 0 Å². The van der Waals surface area contributed by atoms with E-state index >= 15 is 0 Å². The van der Waals surface area contributed by atoms with Crippen molar-refractivity contribution < 1.29 is 17.9 Å². The summed E-state index contributed by atoms with van der Waals surface area (Å²) >= 11 is 1.64. The average Bonchev–Trinajstić information content (AvgIpc) is 2.82. The van der Waals surface area contributed by atoms with E-state index in [-0.39, 0.29) is 17.9 Å². The summed E-state index contributed by atoms with van der Waals surface area (Å²) in [6.07, 6.45) is -1.83. The topological polar surface area (TPSA) is 21.3 Å². The molecule has 0 aromatic heterocycles. The molecular formula is C9H14F3NOS. The lowest BCUT2D eigenvalue weighted by atomic mass is 10.1. The highest BCUT2D eigenvalue weighted by molar-refractivity contribution is 7.99. The van der Waals surface area contributed by atoms with Crippen molar-refractivity contribution in [2.45, 2.75) is 36.5 Å². The second-order valence-electron chi connectivity index (χ2n) is 4.07. The molecule has 3 unspecified atom stereocenters. The highest BCUT2D eigenvalue weighted by Crippen LogP contribution is 2.41. The van der Waals surface area contributed by atoms with Crippen LogP contribution in [0.4, 0.5) is 13.2 Å². The molecule has 6 heteroatoms. The minimum atomic E-state index is -4.29. The molecule has 1 heterocycles. The Morgan fingerprint density at radius 3 is 2.47 bits per heavy atom. The zero-order valence-corrected chi connectivity index (χ0v) is 9.20. The molecule has 0 aromatic rings. The van der Waals surface area contributed by atoms with Crippen LogP contribution in [-0.2, 0) is 4.74 Å². The van der Waals surface area contributed by atoms with Crippen molar-refractivity contribution in [3.05, 3.63) is 0 Å². The molecule has 0 radical (unpaired) electrons. The predicted octanol–water partition coefficient (Wildman–Crippen LogP) is 2.00. The molecule has 15 heavy (non-hydrogen) atoms. The van der Waals surface area contributed by atoms with Crippen LogP contribution in [0.3, 0.4) is 0 Å². The molecule has 0 aromatic carbocycles. The van der Waals surface area contributed by atoms with E-state index in [9.17, 15) is 13.2 Å². The molecule has 88 valence electrons. The molecular weight excluding hydrogens is 227 g/mol. The molecule has 2 rings (SSSR count). The predicted molar refractivity (Wildman–Crippen MR) is 52.7 cm³/mol. The number of hydrogen-bond donors (Lipinski definition) is 1. The Morgan fingerprint density at radius 2 is 2.07 bits per heavy atom. The first-order valence-electron chi connectivity index (χ1n) is 4.99. The van der Waals surface area contributed by atoms with E-state index < -0.39 is 12.4 Å². The van der Waals surface area contributed by atoms with Gasteiger partial charge < -0.3 is 4.74 Å². The minimum absolute atomic E-state index is 0.154. The van der Waals surface area contributed by atoms with Crippen LogP contribution in [-0.4, -0.2) is 36.6 Å². The smallest absolute Gasteiger partial charge is 0.352 e. The number of ether oxygens (including phenoxy) is 1. The van der Waals surface area contributed by atoms with Crippen LogP contribution in [0.2, 0.25) is 0 Å². The normalized spacial score (nSPS) is 34.4. The number of hydrogen-bond acceptors (Lipinski definition) is 3. The van der Waals surface area contributed by atoms with Gasteiger partial charge in [0.1, 0.15) is 0 Å². The number of alkyl halides is 3. The van der Waals surface area contributed by atoms with Gasteiger partial charge in [-0.05, 0) is 25.0 Å². The Bertz CT molecular complexity index is 232. The van der Waals surface area contributed by atoms with Crippen LogP contribution in [0.25, 0.3) is 0 Å². The molecule has 0 amide bonds. The second kappa shape index (κ2) is 4.14. The van der Waals surface area contributed by atoms with Crippen molar-refractivity contribution in [3.63, 3.8) is 0 Å². The van der Waals surface area contributed by atoms with Gasteiger partial charge in [-0.2, -0.15) is 24.9 Å². The van der Waals surface area contributed by atoms with E-state index in [1.165, 1.54) is 0 Å². The number of thioether (sulfide) groups is 1.